The molecule has 0 aromatic carbocycles. The van der Waals surface area contributed by atoms with Gasteiger partial charge in [0.05, 0.1) is 6.33 Å². The van der Waals surface area contributed by atoms with Gasteiger partial charge in [0.2, 0.25) is 0 Å². The second-order valence-electron chi connectivity index (χ2n) is 3.11. The summed E-state index contributed by atoms with van der Waals surface area (Å²) in [6, 6.07) is 3.86. The monoisotopic (exact) mass is 206 g/mol. The van der Waals surface area contributed by atoms with Crippen LogP contribution in [0.15, 0.2) is 6.33 Å². The Kier molecular flexibility index (Phi) is 3.55. The Morgan fingerprint density at radius 3 is 2.79 bits per heavy atom. The third-order valence-electron chi connectivity index (χ3n) is 1.87. The highest BCUT2D eigenvalue weighted by molar-refractivity contribution is 7.80. The summed E-state index contributed by atoms with van der Waals surface area (Å²) in [6.07, 6.45) is 1.52. The van der Waals surface area contributed by atoms with Crippen LogP contribution in [0.4, 0.5) is 0 Å². The fourth-order valence-corrected chi connectivity index (χ4v) is 1.23. The smallest absolute Gasteiger partial charge is 0.176 e. The summed E-state index contributed by atoms with van der Waals surface area (Å²) in [7, 11) is 0. The highest BCUT2D eigenvalue weighted by Crippen LogP contribution is 2.09. The number of thiol groups is 1. The molecule has 1 unspecified atom stereocenters. The highest BCUT2D eigenvalue weighted by Gasteiger charge is 2.11. The third kappa shape index (κ3) is 2.07. The normalized spacial score (nSPS) is 11.7. The zero-order valence-electron chi connectivity index (χ0n) is 7.80. The number of hydrogen-bond acceptors (Lipinski definition) is 4. The maximum Gasteiger partial charge on any atom is 0.176 e. The molecule has 72 valence electrons. The van der Waals surface area contributed by atoms with Crippen molar-refractivity contribution >= 4 is 12.6 Å². The van der Waals surface area contributed by atoms with E-state index >= 15 is 0 Å². The Morgan fingerprint density at radius 2 is 2.29 bits per heavy atom. The molecule has 0 aliphatic heterocycles. The molecule has 0 amide bonds. The Labute approximate surface area is 88.2 Å². The van der Waals surface area contributed by atoms with E-state index in [1.165, 1.54) is 6.33 Å². The summed E-state index contributed by atoms with van der Waals surface area (Å²) in [6.45, 7) is 2.70. The molecular weight excluding hydrogens is 196 g/mol. The lowest BCUT2D eigenvalue weighted by Crippen LogP contribution is -2.09. The lowest BCUT2D eigenvalue weighted by molar-refractivity contribution is 0.528. The average Bonchev–Trinajstić information content (AvgIpc) is 2.59. The molecule has 0 radical (unpaired) electrons. The summed E-state index contributed by atoms with van der Waals surface area (Å²) in [5.41, 5.74) is 0.528. The van der Waals surface area contributed by atoms with Crippen LogP contribution in [0.25, 0.3) is 0 Å². The van der Waals surface area contributed by atoms with Crippen molar-refractivity contribution < 1.29 is 0 Å². The first-order valence-electron chi connectivity index (χ1n) is 4.19. The minimum absolute atomic E-state index is 0.193. The molecule has 1 aromatic rings. The second kappa shape index (κ2) is 4.69. The molecule has 0 spiro atoms. The van der Waals surface area contributed by atoms with Gasteiger partial charge in [-0.2, -0.15) is 23.2 Å². The van der Waals surface area contributed by atoms with Crippen molar-refractivity contribution in [2.75, 3.05) is 5.75 Å². The predicted molar refractivity (Wildman–Crippen MR) is 54.7 cm³/mol. The first-order valence-corrected chi connectivity index (χ1v) is 4.82. The fourth-order valence-electron chi connectivity index (χ4n) is 1.11. The van der Waals surface area contributed by atoms with Crippen LogP contribution < -0.4 is 0 Å². The molecule has 1 atom stereocenters. The molecule has 0 aliphatic carbocycles. The van der Waals surface area contributed by atoms with Crippen LogP contribution in [-0.4, -0.2) is 15.3 Å². The molecular formula is C9H10N4S. The van der Waals surface area contributed by atoms with Gasteiger partial charge in [-0.05, 0) is 11.7 Å². The first-order chi connectivity index (χ1) is 6.72. The molecule has 0 saturated carbocycles. The maximum atomic E-state index is 8.82. The van der Waals surface area contributed by atoms with Crippen molar-refractivity contribution in [3.8, 4) is 12.1 Å². The van der Waals surface area contributed by atoms with Crippen molar-refractivity contribution in [1.82, 2.24) is 9.55 Å². The average molecular weight is 206 g/mol. The van der Waals surface area contributed by atoms with E-state index in [1.54, 1.807) is 4.57 Å². The summed E-state index contributed by atoms with van der Waals surface area (Å²) in [5.74, 6) is 1.09. The first kappa shape index (κ1) is 10.6. The molecule has 14 heavy (non-hydrogen) atoms. The molecule has 0 bridgehead atoms. The van der Waals surface area contributed by atoms with Crippen molar-refractivity contribution in [1.29, 1.82) is 10.5 Å². The Hall–Kier alpha value is -1.46. The molecule has 1 aromatic heterocycles. The Morgan fingerprint density at radius 1 is 1.57 bits per heavy atom. The lowest BCUT2D eigenvalue weighted by atomic mass is 10.2. The van der Waals surface area contributed by atoms with Crippen molar-refractivity contribution in [3.05, 3.63) is 17.7 Å². The van der Waals surface area contributed by atoms with Gasteiger partial charge < -0.3 is 4.57 Å². The molecule has 0 aliphatic rings. The molecule has 4 nitrogen and oxygen atoms in total. The van der Waals surface area contributed by atoms with Gasteiger partial charge in [0.15, 0.2) is 11.4 Å². The Bertz CT molecular complexity index is 396. The van der Waals surface area contributed by atoms with E-state index in [9.17, 15) is 0 Å². The van der Waals surface area contributed by atoms with Gasteiger partial charge in [-0.15, -0.1) is 0 Å². The zero-order valence-corrected chi connectivity index (χ0v) is 8.70. The molecule has 1 rings (SSSR count). The summed E-state index contributed by atoms with van der Waals surface area (Å²) in [5, 5.41) is 17.5. The summed E-state index contributed by atoms with van der Waals surface area (Å²) in [4.78, 5) is 3.85. The van der Waals surface area contributed by atoms with Crippen molar-refractivity contribution in [2.45, 2.75) is 13.5 Å². The number of rotatable bonds is 3. The van der Waals surface area contributed by atoms with Crippen LogP contribution in [-0.2, 0) is 6.54 Å². The summed E-state index contributed by atoms with van der Waals surface area (Å²) < 4.78 is 1.69. The standard InChI is InChI=1S/C9H10N4S/c1-7(5-14)4-13-6-12-8(2-10)9(13)3-11/h6-7,14H,4-5H2,1H3. The van der Waals surface area contributed by atoms with Crippen LogP contribution in [0.2, 0.25) is 0 Å². The Balaban J connectivity index is 2.95. The number of hydrogen-bond donors (Lipinski definition) is 1. The number of nitriles is 2. The van der Waals surface area contributed by atoms with E-state index in [0.717, 1.165) is 5.75 Å². The molecule has 1 heterocycles. The number of imidazole rings is 1. The van der Waals surface area contributed by atoms with Gasteiger partial charge in [0.25, 0.3) is 0 Å². The van der Waals surface area contributed by atoms with Gasteiger partial charge >= 0.3 is 0 Å². The van der Waals surface area contributed by atoms with Crippen LogP contribution in [0.3, 0.4) is 0 Å². The van der Waals surface area contributed by atoms with E-state index in [4.69, 9.17) is 10.5 Å². The van der Waals surface area contributed by atoms with Crippen LogP contribution in [0, 0.1) is 28.6 Å². The highest BCUT2D eigenvalue weighted by atomic mass is 32.1. The van der Waals surface area contributed by atoms with Crippen LogP contribution in [0.1, 0.15) is 18.3 Å². The van der Waals surface area contributed by atoms with Crippen LogP contribution in [0.5, 0.6) is 0 Å². The van der Waals surface area contributed by atoms with Gasteiger partial charge in [0.1, 0.15) is 12.1 Å². The minimum Gasteiger partial charge on any atom is -0.321 e. The summed E-state index contributed by atoms with van der Waals surface area (Å²) >= 11 is 4.16. The predicted octanol–water partition coefficient (Wildman–Crippen LogP) is 1.19. The quantitative estimate of drug-likeness (QED) is 0.755. The molecule has 0 N–H and O–H groups in total. The topological polar surface area (TPSA) is 65.4 Å². The fraction of sp³-hybridized carbons (Fsp3) is 0.444. The zero-order chi connectivity index (χ0) is 10.6. The van der Waals surface area contributed by atoms with E-state index in [2.05, 4.69) is 17.6 Å². The van der Waals surface area contributed by atoms with E-state index in [-0.39, 0.29) is 5.69 Å². The van der Waals surface area contributed by atoms with Gasteiger partial charge in [0, 0.05) is 6.54 Å². The molecule has 5 heteroatoms. The second-order valence-corrected chi connectivity index (χ2v) is 3.47. The van der Waals surface area contributed by atoms with Gasteiger partial charge in [-0.3, -0.25) is 0 Å². The third-order valence-corrected chi connectivity index (χ3v) is 2.49. The number of aromatic nitrogens is 2. The van der Waals surface area contributed by atoms with Gasteiger partial charge in [-0.25, -0.2) is 4.98 Å². The minimum atomic E-state index is 0.193. The lowest BCUT2D eigenvalue weighted by Gasteiger charge is -2.08. The van der Waals surface area contributed by atoms with Crippen LogP contribution >= 0.6 is 12.6 Å². The molecule has 0 saturated heterocycles. The SMILES string of the molecule is CC(CS)Cn1cnc(C#N)c1C#N. The van der Waals surface area contributed by atoms with Gasteiger partial charge in [-0.1, -0.05) is 6.92 Å². The van der Waals surface area contributed by atoms with Crippen molar-refractivity contribution in [2.24, 2.45) is 5.92 Å². The molecule has 0 fully saturated rings. The van der Waals surface area contributed by atoms with E-state index in [0.29, 0.717) is 18.2 Å². The van der Waals surface area contributed by atoms with E-state index in [1.807, 2.05) is 19.1 Å². The van der Waals surface area contributed by atoms with Crippen molar-refractivity contribution in [3.63, 3.8) is 0 Å². The largest absolute Gasteiger partial charge is 0.321 e. The number of nitrogens with zero attached hydrogens (tertiary/aromatic N) is 4. The van der Waals surface area contributed by atoms with E-state index < -0.39 is 0 Å². The maximum absolute atomic E-state index is 8.82.